The summed E-state index contributed by atoms with van der Waals surface area (Å²) in [4.78, 5) is 11.5. The van der Waals surface area contributed by atoms with Gasteiger partial charge in [0.2, 0.25) is 5.91 Å². The van der Waals surface area contributed by atoms with Crippen molar-refractivity contribution in [2.24, 2.45) is 17.6 Å². The lowest BCUT2D eigenvalue weighted by Crippen LogP contribution is -2.29. The van der Waals surface area contributed by atoms with Crippen LogP contribution in [0.3, 0.4) is 0 Å². The van der Waals surface area contributed by atoms with Crippen molar-refractivity contribution in [1.29, 1.82) is 0 Å². The molecule has 7 heteroatoms. The summed E-state index contributed by atoms with van der Waals surface area (Å²) in [6.07, 6.45) is 3.52. The van der Waals surface area contributed by atoms with Gasteiger partial charge >= 0.3 is 0 Å². The number of hydrogen-bond acceptors (Lipinski definition) is 6. The molecule has 0 aliphatic heterocycles. The zero-order chi connectivity index (χ0) is 23.4. The van der Waals surface area contributed by atoms with Crippen LogP contribution in [0.25, 0.3) is 21.7 Å². The topological polar surface area (TPSA) is 87.3 Å². The Balaban J connectivity index is 1.44. The van der Waals surface area contributed by atoms with E-state index in [4.69, 9.17) is 15.2 Å². The first-order valence-corrected chi connectivity index (χ1v) is 12.3. The van der Waals surface area contributed by atoms with Crippen molar-refractivity contribution >= 4 is 17.2 Å². The van der Waals surface area contributed by atoms with Crippen LogP contribution in [0.2, 0.25) is 0 Å². The highest BCUT2D eigenvalue weighted by Crippen LogP contribution is 2.40. The summed E-state index contributed by atoms with van der Waals surface area (Å²) < 4.78 is 11.5. The molecule has 1 heterocycles. The van der Waals surface area contributed by atoms with E-state index in [0.29, 0.717) is 5.92 Å². The molecule has 2 N–H and O–H groups in total. The number of nitrogens with zero attached hydrogens (tertiary/aromatic N) is 2. The van der Waals surface area contributed by atoms with E-state index in [1.165, 1.54) is 0 Å². The van der Waals surface area contributed by atoms with E-state index in [2.05, 4.69) is 46.6 Å². The molecule has 1 fully saturated rings. The SMILES string of the molecule is COC(c1nnc(-c2ccc(-c3ccc(OC(C)C)cc3)cc2)s1)C1CCC(C(N)=O)CC1. The summed E-state index contributed by atoms with van der Waals surface area (Å²) >= 11 is 1.57. The smallest absolute Gasteiger partial charge is 0.220 e. The lowest BCUT2D eigenvalue weighted by atomic mass is 9.79. The fourth-order valence-electron chi connectivity index (χ4n) is 4.47. The fourth-order valence-corrected chi connectivity index (χ4v) is 5.49. The number of hydrogen-bond donors (Lipinski definition) is 1. The summed E-state index contributed by atoms with van der Waals surface area (Å²) in [7, 11) is 1.72. The van der Waals surface area contributed by atoms with Gasteiger partial charge in [0, 0.05) is 18.6 Å². The van der Waals surface area contributed by atoms with Crippen molar-refractivity contribution in [3.63, 3.8) is 0 Å². The Hall–Kier alpha value is -2.77. The zero-order valence-corrected chi connectivity index (χ0v) is 20.2. The second-order valence-electron chi connectivity index (χ2n) is 8.88. The van der Waals surface area contributed by atoms with Gasteiger partial charge in [-0.25, -0.2) is 0 Å². The molecule has 1 aliphatic carbocycles. The Bertz CT molecular complexity index is 1060. The predicted molar refractivity (Wildman–Crippen MR) is 131 cm³/mol. The van der Waals surface area contributed by atoms with Gasteiger partial charge in [-0.2, -0.15) is 0 Å². The molecule has 1 aliphatic rings. The molecule has 4 rings (SSSR count). The highest BCUT2D eigenvalue weighted by Gasteiger charge is 2.32. The Morgan fingerprint density at radius 1 is 0.939 bits per heavy atom. The van der Waals surface area contributed by atoms with E-state index in [1.807, 2.05) is 26.0 Å². The minimum atomic E-state index is -0.191. The third-order valence-corrected chi connectivity index (χ3v) is 7.27. The molecular formula is C26H31N3O3S. The molecule has 0 radical (unpaired) electrons. The van der Waals surface area contributed by atoms with Crippen LogP contribution < -0.4 is 10.5 Å². The van der Waals surface area contributed by atoms with Crippen LogP contribution in [0, 0.1) is 11.8 Å². The van der Waals surface area contributed by atoms with Crippen molar-refractivity contribution in [3.8, 4) is 27.4 Å². The summed E-state index contributed by atoms with van der Waals surface area (Å²) in [6.45, 7) is 4.05. The molecule has 0 saturated heterocycles. The average molecular weight is 466 g/mol. The van der Waals surface area contributed by atoms with Crippen LogP contribution in [0.15, 0.2) is 48.5 Å². The van der Waals surface area contributed by atoms with Gasteiger partial charge in [-0.1, -0.05) is 47.7 Å². The quantitative estimate of drug-likeness (QED) is 0.465. The molecular weight excluding hydrogens is 434 g/mol. The largest absolute Gasteiger partial charge is 0.491 e. The molecule has 6 nitrogen and oxygen atoms in total. The number of carbonyl (C=O) groups excluding carboxylic acids is 1. The van der Waals surface area contributed by atoms with Crippen molar-refractivity contribution in [3.05, 3.63) is 53.5 Å². The van der Waals surface area contributed by atoms with Crippen LogP contribution in [0.1, 0.15) is 50.6 Å². The maximum atomic E-state index is 11.5. The molecule has 1 amide bonds. The number of carbonyl (C=O) groups is 1. The monoisotopic (exact) mass is 465 g/mol. The van der Waals surface area contributed by atoms with E-state index in [0.717, 1.165) is 58.1 Å². The fraction of sp³-hybridized carbons (Fsp3) is 0.423. The minimum Gasteiger partial charge on any atom is -0.491 e. The highest BCUT2D eigenvalue weighted by molar-refractivity contribution is 7.14. The zero-order valence-electron chi connectivity index (χ0n) is 19.4. The van der Waals surface area contributed by atoms with Crippen molar-refractivity contribution < 1.29 is 14.3 Å². The summed E-state index contributed by atoms with van der Waals surface area (Å²) in [5, 5.41) is 10.6. The number of rotatable bonds is 8. The third kappa shape index (κ3) is 5.60. The second kappa shape index (κ2) is 10.4. The van der Waals surface area contributed by atoms with E-state index in [1.54, 1.807) is 18.4 Å². The van der Waals surface area contributed by atoms with Crippen LogP contribution in [-0.2, 0) is 9.53 Å². The predicted octanol–water partition coefficient (Wildman–Crippen LogP) is 5.64. The number of benzene rings is 2. The maximum Gasteiger partial charge on any atom is 0.220 e. The minimum absolute atomic E-state index is 0.0128. The normalized spacial score (nSPS) is 19.4. The number of primary amides is 1. The Labute approximate surface area is 199 Å². The molecule has 0 bridgehead atoms. The van der Waals surface area contributed by atoms with Crippen molar-refractivity contribution in [2.45, 2.75) is 51.7 Å². The van der Waals surface area contributed by atoms with Crippen molar-refractivity contribution in [1.82, 2.24) is 10.2 Å². The van der Waals surface area contributed by atoms with Crippen LogP contribution in [0.4, 0.5) is 0 Å². The van der Waals surface area contributed by atoms with E-state index in [-0.39, 0.29) is 24.0 Å². The standard InChI is InChI=1S/C26H31N3O3S/c1-16(2)32-22-14-12-18(13-15-22)17-4-10-21(11-5-17)25-28-29-26(33-25)23(31-3)19-6-8-20(9-7-19)24(27)30/h4-5,10-16,19-20,23H,6-9H2,1-3H3,(H2,27,30). The van der Waals surface area contributed by atoms with Gasteiger partial charge in [-0.3, -0.25) is 4.79 Å². The number of amides is 1. The van der Waals surface area contributed by atoms with E-state index >= 15 is 0 Å². The van der Waals surface area contributed by atoms with Gasteiger partial charge in [0.05, 0.1) is 6.10 Å². The van der Waals surface area contributed by atoms with Crippen LogP contribution >= 0.6 is 11.3 Å². The highest BCUT2D eigenvalue weighted by atomic mass is 32.1. The van der Waals surface area contributed by atoms with E-state index in [9.17, 15) is 4.79 Å². The molecule has 1 atom stereocenters. The first kappa shape index (κ1) is 23.4. The van der Waals surface area contributed by atoms with Gasteiger partial charge in [-0.05, 0) is 68.7 Å². The van der Waals surface area contributed by atoms with Crippen LogP contribution in [-0.4, -0.2) is 29.3 Å². The molecule has 174 valence electrons. The summed E-state index contributed by atoms with van der Waals surface area (Å²) in [5.41, 5.74) is 8.79. The number of nitrogens with two attached hydrogens (primary N) is 1. The number of aromatic nitrogens is 2. The van der Waals surface area contributed by atoms with Gasteiger partial charge < -0.3 is 15.2 Å². The lowest BCUT2D eigenvalue weighted by molar-refractivity contribution is -0.123. The Morgan fingerprint density at radius 3 is 2.06 bits per heavy atom. The van der Waals surface area contributed by atoms with Gasteiger partial charge in [0.1, 0.15) is 21.9 Å². The van der Waals surface area contributed by atoms with Crippen molar-refractivity contribution in [2.75, 3.05) is 7.11 Å². The summed E-state index contributed by atoms with van der Waals surface area (Å²) in [6, 6.07) is 16.5. The molecule has 1 unspecified atom stereocenters. The molecule has 33 heavy (non-hydrogen) atoms. The number of ether oxygens (including phenoxy) is 2. The van der Waals surface area contributed by atoms with E-state index < -0.39 is 0 Å². The van der Waals surface area contributed by atoms with Gasteiger partial charge in [0.25, 0.3) is 0 Å². The average Bonchev–Trinajstić information content (AvgIpc) is 3.30. The third-order valence-electron chi connectivity index (χ3n) is 6.23. The Morgan fingerprint density at radius 2 is 1.52 bits per heavy atom. The molecule has 2 aromatic carbocycles. The molecule has 3 aromatic rings. The molecule has 1 saturated carbocycles. The number of methoxy groups -OCH3 is 1. The second-order valence-corrected chi connectivity index (χ2v) is 9.89. The molecule has 0 spiro atoms. The maximum absolute atomic E-state index is 11.5. The Kier molecular flexibility index (Phi) is 7.40. The first-order chi connectivity index (χ1) is 15.9. The first-order valence-electron chi connectivity index (χ1n) is 11.5. The summed E-state index contributed by atoms with van der Waals surface area (Å²) in [5.74, 6) is 1.00. The van der Waals surface area contributed by atoms with Gasteiger partial charge in [-0.15, -0.1) is 10.2 Å². The molecule has 1 aromatic heterocycles. The van der Waals surface area contributed by atoms with Crippen LogP contribution in [0.5, 0.6) is 5.75 Å². The lowest BCUT2D eigenvalue weighted by Gasteiger charge is -2.30. The van der Waals surface area contributed by atoms with Gasteiger partial charge in [0.15, 0.2) is 0 Å².